The van der Waals surface area contributed by atoms with E-state index in [1.54, 1.807) is 23.1 Å². The number of carbonyl (C=O) groups excluding carboxylic acids is 1. The minimum atomic E-state index is 0.181. The van der Waals surface area contributed by atoms with Crippen LogP contribution in [0.15, 0.2) is 26.9 Å². The Labute approximate surface area is 149 Å². The van der Waals surface area contributed by atoms with Gasteiger partial charge in [-0.25, -0.2) is 0 Å². The molecule has 3 nitrogen and oxygen atoms in total. The van der Waals surface area contributed by atoms with Crippen molar-refractivity contribution in [2.24, 2.45) is 0 Å². The first-order chi connectivity index (χ1) is 11.3. The molecule has 0 N–H and O–H groups in total. The van der Waals surface area contributed by atoms with Crippen LogP contribution < -0.4 is 0 Å². The number of rotatable bonds is 8. The van der Waals surface area contributed by atoms with Crippen LogP contribution in [0.2, 0.25) is 0 Å². The summed E-state index contributed by atoms with van der Waals surface area (Å²) in [6, 6.07) is 6.17. The number of unbranched alkanes of at least 4 members (excludes halogenated alkanes) is 1. The lowest BCUT2D eigenvalue weighted by Gasteiger charge is -2.03. The average Bonchev–Trinajstić information content (AvgIpc) is 3.21. The number of nitrogens with zero attached hydrogens (tertiary/aromatic N) is 2. The second kappa shape index (κ2) is 8.31. The molecule has 1 aliphatic rings. The van der Waals surface area contributed by atoms with Gasteiger partial charge in [-0.2, -0.15) is 0 Å². The number of benzene rings is 1. The van der Waals surface area contributed by atoms with E-state index in [1.807, 2.05) is 6.07 Å². The molecule has 0 unspecified atom stereocenters. The van der Waals surface area contributed by atoms with E-state index in [2.05, 4.69) is 29.3 Å². The molecule has 0 radical (unpaired) electrons. The molecule has 23 heavy (non-hydrogen) atoms. The second-order valence-corrected chi connectivity index (χ2v) is 9.13. The lowest BCUT2D eigenvalue weighted by molar-refractivity contribution is 0.102. The van der Waals surface area contributed by atoms with E-state index in [1.165, 1.54) is 42.2 Å². The molecule has 0 bridgehead atoms. The van der Waals surface area contributed by atoms with E-state index in [0.29, 0.717) is 5.75 Å². The van der Waals surface area contributed by atoms with Crippen LogP contribution in [0.25, 0.3) is 0 Å². The van der Waals surface area contributed by atoms with E-state index in [0.717, 1.165) is 32.8 Å². The Hall–Kier alpha value is -0.850. The maximum absolute atomic E-state index is 12.4. The molecule has 1 aliphatic carbocycles. The van der Waals surface area contributed by atoms with Crippen LogP contribution in [0.4, 0.5) is 0 Å². The number of carbonyl (C=O) groups is 1. The summed E-state index contributed by atoms with van der Waals surface area (Å²) in [6.07, 6.45) is 5.87. The van der Waals surface area contributed by atoms with Gasteiger partial charge < -0.3 is 0 Å². The molecule has 0 atom stereocenters. The highest BCUT2D eigenvalue weighted by Gasteiger charge is 2.15. The third kappa shape index (κ3) is 4.58. The number of hydrogen-bond donors (Lipinski definition) is 0. The average molecular weight is 365 g/mol. The van der Waals surface area contributed by atoms with Gasteiger partial charge in [0.25, 0.3) is 0 Å². The maximum atomic E-state index is 12.4. The molecule has 1 heterocycles. The Bertz CT molecular complexity index is 684. The van der Waals surface area contributed by atoms with E-state index in [-0.39, 0.29) is 5.78 Å². The van der Waals surface area contributed by atoms with Crippen molar-refractivity contribution < 1.29 is 4.79 Å². The monoisotopic (exact) mass is 364 g/mol. The molecule has 1 aromatic carbocycles. The highest BCUT2D eigenvalue weighted by molar-refractivity contribution is 8.03. The maximum Gasteiger partial charge on any atom is 0.175 e. The summed E-state index contributed by atoms with van der Waals surface area (Å²) < 4.78 is 1.89. The van der Waals surface area contributed by atoms with Crippen molar-refractivity contribution in [3.8, 4) is 0 Å². The molecular weight excluding hydrogens is 344 g/mol. The Kier molecular flexibility index (Phi) is 6.14. The minimum absolute atomic E-state index is 0.181. The fourth-order valence-corrected chi connectivity index (χ4v) is 5.64. The lowest BCUT2D eigenvalue weighted by Crippen LogP contribution is -2.03. The van der Waals surface area contributed by atoms with Crippen LogP contribution in [0.5, 0.6) is 0 Å². The molecule has 0 amide bonds. The van der Waals surface area contributed by atoms with Gasteiger partial charge in [0.2, 0.25) is 0 Å². The smallest absolute Gasteiger partial charge is 0.175 e. The molecule has 1 aromatic heterocycles. The quantitative estimate of drug-likeness (QED) is 0.379. The van der Waals surface area contributed by atoms with Crippen molar-refractivity contribution in [2.75, 3.05) is 11.5 Å². The summed E-state index contributed by atoms with van der Waals surface area (Å²) in [5, 5.41) is 8.36. The van der Waals surface area contributed by atoms with E-state index in [4.69, 9.17) is 0 Å². The van der Waals surface area contributed by atoms with Gasteiger partial charge in [0, 0.05) is 11.3 Å². The van der Waals surface area contributed by atoms with Gasteiger partial charge >= 0.3 is 0 Å². The van der Waals surface area contributed by atoms with Crippen molar-refractivity contribution >= 4 is 40.6 Å². The topological polar surface area (TPSA) is 42.9 Å². The Morgan fingerprint density at radius 1 is 1.17 bits per heavy atom. The van der Waals surface area contributed by atoms with E-state index < -0.39 is 0 Å². The number of aryl methyl sites for hydroxylation is 2. The third-order valence-corrected chi connectivity index (χ3v) is 7.13. The van der Waals surface area contributed by atoms with Crippen LogP contribution in [-0.2, 0) is 12.8 Å². The Morgan fingerprint density at radius 3 is 2.78 bits per heavy atom. The zero-order valence-electron chi connectivity index (χ0n) is 13.2. The normalized spacial score (nSPS) is 13.3. The van der Waals surface area contributed by atoms with Gasteiger partial charge in [0.1, 0.15) is 0 Å². The number of hydrogen-bond acceptors (Lipinski definition) is 6. The summed E-state index contributed by atoms with van der Waals surface area (Å²) >= 11 is 4.85. The fraction of sp³-hybridized carbons (Fsp3) is 0.471. The van der Waals surface area contributed by atoms with E-state index >= 15 is 0 Å². The SMILES string of the molecule is CCCCSc1nnc(SCC(=O)c2ccc3c(c2)CCC3)s1. The van der Waals surface area contributed by atoms with Crippen molar-refractivity contribution in [2.45, 2.75) is 47.7 Å². The van der Waals surface area contributed by atoms with Crippen LogP contribution in [0.1, 0.15) is 47.7 Å². The molecule has 122 valence electrons. The number of aromatic nitrogens is 2. The minimum Gasteiger partial charge on any atom is -0.293 e. The standard InChI is InChI=1S/C17H20N2OS3/c1-2-3-9-21-16-18-19-17(23-16)22-11-15(20)14-8-7-12-5-4-6-13(12)10-14/h7-8,10H,2-6,9,11H2,1H3. The highest BCUT2D eigenvalue weighted by atomic mass is 32.2. The molecule has 0 saturated carbocycles. The summed E-state index contributed by atoms with van der Waals surface area (Å²) in [5.41, 5.74) is 3.60. The molecule has 0 saturated heterocycles. The zero-order chi connectivity index (χ0) is 16.1. The summed E-state index contributed by atoms with van der Waals surface area (Å²) in [4.78, 5) is 12.4. The molecule has 0 spiro atoms. The summed E-state index contributed by atoms with van der Waals surface area (Å²) in [7, 11) is 0. The first-order valence-corrected chi connectivity index (χ1v) is 10.8. The van der Waals surface area contributed by atoms with Gasteiger partial charge in [0.15, 0.2) is 14.5 Å². The predicted molar refractivity (Wildman–Crippen MR) is 99.1 cm³/mol. The second-order valence-electron chi connectivity index (χ2n) is 5.58. The first-order valence-electron chi connectivity index (χ1n) is 8.00. The largest absolute Gasteiger partial charge is 0.293 e. The number of thioether (sulfide) groups is 2. The highest BCUT2D eigenvalue weighted by Crippen LogP contribution is 2.30. The van der Waals surface area contributed by atoms with Crippen LogP contribution in [-0.4, -0.2) is 27.5 Å². The number of fused-ring (bicyclic) bond motifs is 1. The zero-order valence-corrected chi connectivity index (χ0v) is 15.7. The van der Waals surface area contributed by atoms with Gasteiger partial charge in [-0.15, -0.1) is 10.2 Å². The molecule has 0 fully saturated rings. The molecule has 3 rings (SSSR count). The molecule has 0 aliphatic heterocycles. The van der Waals surface area contributed by atoms with Gasteiger partial charge in [-0.05, 0) is 42.9 Å². The van der Waals surface area contributed by atoms with Crippen LogP contribution >= 0.6 is 34.9 Å². The Balaban J connectivity index is 1.53. The number of ketones is 1. The first kappa shape index (κ1) is 17.0. The third-order valence-electron chi connectivity index (χ3n) is 3.86. The van der Waals surface area contributed by atoms with Crippen molar-refractivity contribution in [1.82, 2.24) is 10.2 Å². The van der Waals surface area contributed by atoms with E-state index in [9.17, 15) is 4.79 Å². The van der Waals surface area contributed by atoms with Crippen LogP contribution in [0.3, 0.4) is 0 Å². The molecule has 2 aromatic rings. The van der Waals surface area contributed by atoms with Gasteiger partial charge in [-0.3, -0.25) is 4.79 Å². The van der Waals surface area contributed by atoms with Gasteiger partial charge in [-0.1, -0.05) is 60.3 Å². The Morgan fingerprint density at radius 2 is 1.96 bits per heavy atom. The molecular formula is C17H20N2OS3. The fourth-order valence-electron chi connectivity index (χ4n) is 2.57. The molecule has 6 heteroatoms. The predicted octanol–water partition coefficient (Wildman–Crippen LogP) is 4.89. The number of Topliss-reactive ketones (excluding diaryl/α,β-unsaturated/α-hetero) is 1. The van der Waals surface area contributed by atoms with Crippen molar-refractivity contribution in [1.29, 1.82) is 0 Å². The summed E-state index contributed by atoms with van der Waals surface area (Å²) in [6.45, 7) is 2.19. The van der Waals surface area contributed by atoms with Gasteiger partial charge in [0.05, 0.1) is 5.75 Å². The van der Waals surface area contributed by atoms with Crippen LogP contribution in [0, 0.1) is 0 Å². The summed E-state index contributed by atoms with van der Waals surface area (Å²) in [5.74, 6) is 1.71. The lowest BCUT2D eigenvalue weighted by atomic mass is 10.0. The van der Waals surface area contributed by atoms with Crippen molar-refractivity contribution in [3.05, 3.63) is 34.9 Å². The van der Waals surface area contributed by atoms with Crippen molar-refractivity contribution in [3.63, 3.8) is 0 Å².